The maximum absolute atomic E-state index is 13.4. The number of ketones is 1. The van der Waals surface area contributed by atoms with Crippen LogP contribution in [0.25, 0.3) is 0 Å². The first-order chi connectivity index (χ1) is 14.5. The van der Waals surface area contributed by atoms with Crippen LogP contribution in [-0.2, 0) is 14.3 Å². The Balaban J connectivity index is 1.78. The van der Waals surface area contributed by atoms with E-state index in [9.17, 15) is 9.59 Å². The van der Waals surface area contributed by atoms with Crippen LogP contribution in [0.1, 0.15) is 56.6 Å². The SMILES string of the molecule is CC1=C(C(=O)OC(C)C)[C@H](c2cccnc2)C2=C(C[C@H](c3ccccc3)CC2=O)N1. The first-order valence-corrected chi connectivity index (χ1v) is 10.4. The Morgan fingerprint density at radius 3 is 2.50 bits per heavy atom. The molecule has 4 rings (SSSR count). The number of benzene rings is 1. The lowest BCUT2D eigenvalue weighted by atomic mass is 9.72. The normalized spacial score (nSPS) is 21.4. The molecule has 5 nitrogen and oxygen atoms in total. The molecule has 5 heteroatoms. The summed E-state index contributed by atoms with van der Waals surface area (Å²) in [6, 6.07) is 13.9. The van der Waals surface area contributed by atoms with E-state index in [0.29, 0.717) is 17.6 Å². The number of nitrogens with one attached hydrogen (secondary N) is 1. The molecule has 154 valence electrons. The van der Waals surface area contributed by atoms with Crippen LogP contribution in [0.3, 0.4) is 0 Å². The zero-order valence-corrected chi connectivity index (χ0v) is 17.5. The van der Waals surface area contributed by atoms with Gasteiger partial charge in [0.15, 0.2) is 5.78 Å². The van der Waals surface area contributed by atoms with Crippen molar-refractivity contribution in [1.82, 2.24) is 10.3 Å². The highest BCUT2D eigenvalue weighted by Crippen LogP contribution is 2.45. The molecule has 2 aliphatic rings. The van der Waals surface area contributed by atoms with Gasteiger partial charge < -0.3 is 10.1 Å². The molecule has 0 unspecified atom stereocenters. The molecular weight excluding hydrogens is 376 g/mol. The summed E-state index contributed by atoms with van der Waals surface area (Å²) in [5.41, 5.74) is 4.76. The van der Waals surface area contributed by atoms with E-state index >= 15 is 0 Å². The van der Waals surface area contributed by atoms with Gasteiger partial charge >= 0.3 is 5.97 Å². The molecule has 2 heterocycles. The fourth-order valence-electron chi connectivity index (χ4n) is 4.43. The number of rotatable bonds is 4. The van der Waals surface area contributed by atoms with Crippen LogP contribution in [0.2, 0.25) is 0 Å². The Bertz CT molecular complexity index is 1020. The van der Waals surface area contributed by atoms with Crippen LogP contribution in [0, 0.1) is 0 Å². The monoisotopic (exact) mass is 402 g/mol. The molecule has 0 saturated heterocycles. The molecule has 0 fully saturated rings. The number of esters is 1. The van der Waals surface area contributed by atoms with E-state index in [1.54, 1.807) is 12.4 Å². The Kier molecular flexibility index (Phi) is 5.53. The number of ether oxygens (including phenoxy) is 1. The van der Waals surface area contributed by atoms with Crippen LogP contribution < -0.4 is 5.32 Å². The third kappa shape index (κ3) is 3.80. The van der Waals surface area contributed by atoms with Gasteiger partial charge in [0.1, 0.15) is 0 Å². The number of carbonyl (C=O) groups excluding carboxylic acids is 2. The minimum absolute atomic E-state index is 0.0637. The molecule has 1 aromatic heterocycles. The van der Waals surface area contributed by atoms with E-state index < -0.39 is 11.9 Å². The quantitative estimate of drug-likeness (QED) is 0.768. The Hall–Kier alpha value is -3.21. The maximum atomic E-state index is 13.4. The minimum Gasteiger partial charge on any atom is -0.460 e. The molecule has 0 bridgehead atoms. The van der Waals surface area contributed by atoms with Crippen LogP contribution >= 0.6 is 0 Å². The van der Waals surface area contributed by atoms with Gasteiger partial charge in [-0.05, 0) is 50.3 Å². The van der Waals surface area contributed by atoms with E-state index in [-0.39, 0.29) is 17.8 Å². The Labute approximate surface area is 176 Å². The molecule has 30 heavy (non-hydrogen) atoms. The third-order valence-electron chi connectivity index (χ3n) is 5.68. The first kappa shape index (κ1) is 20.1. The van der Waals surface area contributed by atoms with E-state index in [1.807, 2.05) is 51.1 Å². The summed E-state index contributed by atoms with van der Waals surface area (Å²) >= 11 is 0. The van der Waals surface area contributed by atoms with E-state index in [4.69, 9.17) is 4.74 Å². The fraction of sp³-hybridized carbons (Fsp3) is 0.320. The van der Waals surface area contributed by atoms with Crippen molar-refractivity contribution in [3.63, 3.8) is 0 Å². The summed E-state index contributed by atoms with van der Waals surface area (Å²) in [6.07, 6.45) is 4.33. The Morgan fingerprint density at radius 1 is 1.10 bits per heavy atom. The minimum atomic E-state index is -0.467. The van der Waals surface area contributed by atoms with Gasteiger partial charge in [0.25, 0.3) is 0 Å². The van der Waals surface area contributed by atoms with Gasteiger partial charge in [0.2, 0.25) is 0 Å². The van der Waals surface area contributed by atoms with Crippen molar-refractivity contribution in [2.75, 3.05) is 0 Å². The van der Waals surface area contributed by atoms with Gasteiger partial charge in [-0.15, -0.1) is 0 Å². The van der Waals surface area contributed by atoms with Crippen molar-refractivity contribution in [3.05, 3.63) is 88.5 Å². The number of allylic oxidation sites excluding steroid dienone is 3. The molecule has 2 atom stereocenters. The summed E-state index contributed by atoms with van der Waals surface area (Å²) in [6.45, 7) is 5.52. The van der Waals surface area contributed by atoms with Gasteiger partial charge in [-0.25, -0.2) is 4.79 Å². The van der Waals surface area contributed by atoms with Crippen molar-refractivity contribution in [3.8, 4) is 0 Å². The summed E-state index contributed by atoms with van der Waals surface area (Å²) in [5.74, 6) is -0.677. The number of aromatic nitrogens is 1. The molecule has 2 aromatic rings. The average Bonchev–Trinajstić information content (AvgIpc) is 2.73. The number of nitrogens with zero attached hydrogens (tertiary/aromatic N) is 1. The standard InChI is InChI=1S/C25H26N2O3/c1-15(2)30-25(29)22-16(3)27-20-12-19(17-8-5-4-6-9-17)13-21(28)24(20)23(22)18-10-7-11-26-14-18/h4-11,14-15,19,23,27H,12-13H2,1-3H3/t19-,23-/m0/s1. The molecule has 0 radical (unpaired) electrons. The highest BCUT2D eigenvalue weighted by Gasteiger charge is 2.41. The average molecular weight is 402 g/mol. The number of hydrogen-bond acceptors (Lipinski definition) is 5. The van der Waals surface area contributed by atoms with Crippen molar-refractivity contribution in [1.29, 1.82) is 0 Å². The lowest BCUT2D eigenvalue weighted by molar-refractivity contribution is -0.143. The second-order valence-electron chi connectivity index (χ2n) is 8.17. The van der Waals surface area contributed by atoms with Gasteiger partial charge in [-0.2, -0.15) is 0 Å². The zero-order valence-electron chi connectivity index (χ0n) is 17.5. The zero-order chi connectivity index (χ0) is 21.3. The largest absolute Gasteiger partial charge is 0.460 e. The van der Waals surface area contributed by atoms with E-state index in [0.717, 1.165) is 28.9 Å². The van der Waals surface area contributed by atoms with Gasteiger partial charge in [-0.3, -0.25) is 9.78 Å². The molecule has 1 N–H and O–H groups in total. The Morgan fingerprint density at radius 2 is 1.83 bits per heavy atom. The molecule has 0 spiro atoms. The van der Waals surface area contributed by atoms with E-state index in [1.165, 1.54) is 0 Å². The van der Waals surface area contributed by atoms with Crippen molar-refractivity contribution in [2.45, 2.75) is 51.6 Å². The lowest BCUT2D eigenvalue weighted by Gasteiger charge is -2.36. The summed E-state index contributed by atoms with van der Waals surface area (Å²) in [5, 5.41) is 3.37. The number of pyridine rings is 1. The molecular formula is C25H26N2O3. The van der Waals surface area contributed by atoms with Gasteiger partial charge in [0, 0.05) is 41.7 Å². The lowest BCUT2D eigenvalue weighted by Crippen LogP contribution is -2.36. The third-order valence-corrected chi connectivity index (χ3v) is 5.68. The summed E-state index contributed by atoms with van der Waals surface area (Å²) in [7, 11) is 0. The molecule has 1 aliphatic carbocycles. The molecule has 0 amide bonds. The predicted octanol–water partition coefficient (Wildman–Crippen LogP) is 4.39. The smallest absolute Gasteiger partial charge is 0.337 e. The van der Waals surface area contributed by atoms with E-state index in [2.05, 4.69) is 22.4 Å². The number of carbonyl (C=O) groups is 2. The van der Waals surface area contributed by atoms with Crippen LogP contribution in [0.4, 0.5) is 0 Å². The second-order valence-corrected chi connectivity index (χ2v) is 8.17. The highest BCUT2D eigenvalue weighted by molar-refractivity contribution is 6.04. The van der Waals surface area contributed by atoms with Crippen LogP contribution in [0.5, 0.6) is 0 Å². The fourth-order valence-corrected chi connectivity index (χ4v) is 4.43. The molecule has 0 saturated carbocycles. The van der Waals surface area contributed by atoms with Crippen molar-refractivity contribution < 1.29 is 14.3 Å². The number of dihydropyridines is 1. The highest BCUT2D eigenvalue weighted by atomic mass is 16.5. The maximum Gasteiger partial charge on any atom is 0.337 e. The molecule has 1 aliphatic heterocycles. The summed E-state index contributed by atoms with van der Waals surface area (Å²) < 4.78 is 5.53. The van der Waals surface area contributed by atoms with Crippen LogP contribution in [-0.4, -0.2) is 22.8 Å². The number of hydrogen-bond donors (Lipinski definition) is 1. The van der Waals surface area contributed by atoms with Crippen molar-refractivity contribution in [2.24, 2.45) is 0 Å². The second kappa shape index (κ2) is 8.27. The predicted molar refractivity (Wildman–Crippen MR) is 114 cm³/mol. The van der Waals surface area contributed by atoms with Gasteiger partial charge in [-0.1, -0.05) is 36.4 Å². The summed E-state index contributed by atoms with van der Waals surface area (Å²) in [4.78, 5) is 30.6. The number of Topliss-reactive ketones (excluding diaryl/α,β-unsaturated/α-hetero) is 1. The first-order valence-electron chi connectivity index (χ1n) is 10.4. The van der Waals surface area contributed by atoms with Crippen LogP contribution in [0.15, 0.2) is 77.4 Å². The van der Waals surface area contributed by atoms with Crippen molar-refractivity contribution >= 4 is 11.8 Å². The topological polar surface area (TPSA) is 68.3 Å². The molecule has 1 aromatic carbocycles. The van der Waals surface area contributed by atoms with Gasteiger partial charge in [0.05, 0.1) is 11.7 Å².